The van der Waals surface area contributed by atoms with E-state index < -0.39 is 0 Å². The molecule has 0 aromatic heterocycles. The van der Waals surface area contributed by atoms with Gasteiger partial charge in [-0.05, 0) is 35.7 Å². The van der Waals surface area contributed by atoms with Crippen LogP contribution >= 0.6 is 0 Å². The molecule has 4 heteroatoms. The van der Waals surface area contributed by atoms with Crippen molar-refractivity contribution < 1.29 is 19.7 Å². The average molecular weight is 286 g/mol. The Balaban J connectivity index is 2.00. The molecule has 0 aliphatic heterocycles. The second-order valence-electron chi connectivity index (χ2n) is 5.14. The monoisotopic (exact) mass is 286 g/mol. The second-order valence-corrected chi connectivity index (χ2v) is 5.14. The fourth-order valence-electron chi connectivity index (χ4n) is 1.93. The van der Waals surface area contributed by atoms with Gasteiger partial charge in [0.15, 0.2) is 6.61 Å². The van der Waals surface area contributed by atoms with E-state index in [4.69, 9.17) is 4.74 Å². The smallest absolute Gasteiger partial charge is 0.203 e. The van der Waals surface area contributed by atoms with Crippen LogP contribution in [-0.2, 0) is 0 Å². The number of rotatable bonds is 5. The van der Waals surface area contributed by atoms with Gasteiger partial charge in [-0.2, -0.15) is 0 Å². The quantitative estimate of drug-likeness (QED) is 0.826. The number of carbonyl (C=O) groups excluding carboxylic acids is 1. The Bertz CT molecular complexity index is 630. The van der Waals surface area contributed by atoms with E-state index in [0.717, 1.165) is 6.07 Å². The van der Waals surface area contributed by atoms with Crippen LogP contribution in [0.25, 0.3) is 0 Å². The predicted molar refractivity (Wildman–Crippen MR) is 80.1 cm³/mol. The predicted octanol–water partition coefficient (Wildman–Crippen LogP) is 3.48. The number of benzene rings is 2. The lowest BCUT2D eigenvalue weighted by Gasteiger charge is -2.09. The third-order valence-electron chi connectivity index (χ3n) is 3.20. The normalized spacial score (nSPS) is 10.6. The van der Waals surface area contributed by atoms with Crippen LogP contribution in [0.3, 0.4) is 0 Å². The molecule has 110 valence electrons. The molecule has 0 radical (unpaired) electrons. The molecule has 2 N–H and O–H groups in total. The summed E-state index contributed by atoms with van der Waals surface area (Å²) in [6, 6.07) is 11.4. The van der Waals surface area contributed by atoms with E-state index in [1.54, 1.807) is 0 Å². The van der Waals surface area contributed by atoms with E-state index in [-0.39, 0.29) is 29.5 Å². The first-order chi connectivity index (χ1) is 9.97. The molecule has 0 aliphatic carbocycles. The highest BCUT2D eigenvalue weighted by Gasteiger charge is 2.12. The molecule has 0 fully saturated rings. The van der Waals surface area contributed by atoms with Crippen molar-refractivity contribution in [3.05, 3.63) is 53.6 Å². The van der Waals surface area contributed by atoms with Crippen molar-refractivity contribution in [2.24, 2.45) is 0 Å². The lowest BCUT2D eigenvalue weighted by atomic mass is 10.0. The molecule has 0 aliphatic rings. The van der Waals surface area contributed by atoms with Crippen LogP contribution in [-0.4, -0.2) is 22.6 Å². The largest absolute Gasteiger partial charge is 0.508 e. The first-order valence-electron chi connectivity index (χ1n) is 6.75. The molecule has 0 atom stereocenters. The van der Waals surface area contributed by atoms with Gasteiger partial charge < -0.3 is 14.9 Å². The average Bonchev–Trinajstić information content (AvgIpc) is 2.45. The fraction of sp³-hybridized carbons (Fsp3) is 0.235. The van der Waals surface area contributed by atoms with Gasteiger partial charge in [-0.25, -0.2) is 0 Å². The SMILES string of the molecule is CC(C)c1ccc(OCC(=O)c2ccc(O)cc2O)cc1. The maximum absolute atomic E-state index is 12.0. The van der Waals surface area contributed by atoms with Crippen molar-refractivity contribution in [1.29, 1.82) is 0 Å². The fourth-order valence-corrected chi connectivity index (χ4v) is 1.93. The highest BCUT2D eigenvalue weighted by molar-refractivity contribution is 5.99. The van der Waals surface area contributed by atoms with Crippen LogP contribution in [0.5, 0.6) is 17.2 Å². The van der Waals surface area contributed by atoms with E-state index in [1.165, 1.54) is 17.7 Å². The number of phenolic OH excluding ortho intramolecular Hbond substituents is 2. The zero-order chi connectivity index (χ0) is 15.4. The van der Waals surface area contributed by atoms with Gasteiger partial charge >= 0.3 is 0 Å². The Labute approximate surface area is 123 Å². The molecule has 0 heterocycles. The summed E-state index contributed by atoms with van der Waals surface area (Å²) >= 11 is 0. The topological polar surface area (TPSA) is 66.8 Å². The first-order valence-corrected chi connectivity index (χ1v) is 6.75. The number of Topliss-reactive ketones (excluding diaryl/α,β-unsaturated/α-hetero) is 1. The molecule has 0 saturated heterocycles. The van der Waals surface area contributed by atoms with E-state index in [1.807, 2.05) is 24.3 Å². The summed E-state index contributed by atoms with van der Waals surface area (Å²) in [6.45, 7) is 4.04. The van der Waals surface area contributed by atoms with E-state index in [9.17, 15) is 15.0 Å². The third kappa shape index (κ3) is 3.75. The Morgan fingerprint density at radius 3 is 2.33 bits per heavy atom. The minimum Gasteiger partial charge on any atom is -0.508 e. The summed E-state index contributed by atoms with van der Waals surface area (Å²) in [5, 5.41) is 18.8. The van der Waals surface area contributed by atoms with Crippen LogP contribution in [0.4, 0.5) is 0 Å². The van der Waals surface area contributed by atoms with Gasteiger partial charge in [0, 0.05) is 6.07 Å². The van der Waals surface area contributed by atoms with Crippen molar-refractivity contribution >= 4 is 5.78 Å². The number of aromatic hydroxyl groups is 2. The van der Waals surface area contributed by atoms with E-state index >= 15 is 0 Å². The standard InChI is InChI=1S/C17H18O4/c1-11(2)12-3-6-14(7-4-12)21-10-17(20)15-8-5-13(18)9-16(15)19/h3-9,11,18-19H,10H2,1-2H3. The summed E-state index contributed by atoms with van der Waals surface area (Å²) in [7, 11) is 0. The number of phenols is 2. The van der Waals surface area contributed by atoms with Gasteiger partial charge in [-0.3, -0.25) is 4.79 Å². The summed E-state index contributed by atoms with van der Waals surface area (Å²) in [5.74, 6) is 0.356. The molecule has 4 nitrogen and oxygen atoms in total. The van der Waals surface area contributed by atoms with Crippen molar-refractivity contribution in [1.82, 2.24) is 0 Å². The Morgan fingerprint density at radius 1 is 1.10 bits per heavy atom. The van der Waals surface area contributed by atoms with Crippen LogP contribution in [0, 0.1) is 0 Å². The summed E-state index contributed by atoms with van der Waals surface area (Å²) in [6.07, 6.45) is 0. The summed E-state index contributed by atoms with van der Waals surface area (Å²) in [5.41, 5.74) is 1.33. The minimum atomic E-state index is -0.347. The first kappa shape index (κ1) is 14.9. The molecular weight excluding hydrogens is 268 g/mol. The summed E-state index contributed by atoms with van der Waals surface area (Å²) < 4.78 is 5.42. The number of ether oxygens (including phenoxy) is 1. The van der Waals surface area contributed by atoms with Crippen LogP contribution < -0.4 is 4.74 Å². The van der Waals surface area contributed by atoms with Crippen LogP contribution in [0.2, 0.25) is 0 Å². The van der Waals surface area contributed by atoms with Gasteiger partial charge in [0.05, 0.1) is 5.56 Å². The maximum atomic E-state index is 12.0. The molecule has 0 spiro atoms. The summed E-state index contributed by atoms with van der Waals surface area (Å²) in [4.78, 5) is 12.0. The maximum Gasteiger partial charge on any atom is 0.203 e. The number of hydrogen-bond acceptors (Lipinski definition) is 4. The Hall–Kier alpha value is -2.49. The van der Waals surface area contributed by atoms with E-state index in [2.05, 4.69) is 13.8 Å². The number of carbonyl (C=O) groups is 1. The van der Waals surface area contributed by atoms with Gasteiger partial charge in [0.25, 0.3) is 0 Å². The minimum absolute atomic E-state index is 0.0887. The highest BCUT2D eigenvalue weighted by atomic mass is 16.5. The molecule has 0 unspecified atom stereocenters. The molecule has 0 saturated carbocycles. The van der Waals surface area contributed by atoms with Crippen molar-refractivity contribution in [3.63, 3.8) is 0 Å². The molecule has 0 bridgehead atoms. The van der Waals surface area contributed by atoms with Crippen molar-refractivity contribution in [2.75, 3.05) is 6.61 Å². The van der Waals surface area contributed by atoms with Gasteiger partial charge in [0.2, 0.25) is 5.78 Å². The van der Waals surface area contributed by atoms with Crippen molar-refractivity contribution in [3.8, 4) is 17.2 Å². The third-order valence-corrected chi connectivity index (χ3v) is 3.20. The number of ketones is 1. The second kappa shape index (κ2) is 6.31. The zero-order valence-corrected chi connectivity index (χ0v) is 12.0. The van der Waals surface area contributed by atoms with Crippen molar-refractivity contribution in [2.45, 2.75) is 19.8 Å². The molecule has 21 heavy (non-hydrogen) atoms. The Kier molecular flexibility index (Phi) is 4.48. The van der Waals surface area contributed by atoms with Crippen LogP contribution in [0.15, 0.2) is 42.5 Å². The molecular formula is C17H18O4. The van der Waals surface area contributed by atoms with Gasteiger partial charge in [-0.1, -0.05) is 26.0 Å². The molecule has 2 aromatic carbocycles. The van der Waals surface area contributed by atoms with Crippen LogP contribution in [0.1, 0.15) is 35.7 Å². The van der Waals surface area contributed by atoms with E-state index in [0.29, 0.717) is 11.7 Å². The lowest BCUT2D eigenvalue weighted by Crippen LogP contribution is -2.11. The highest BCUT2D eigenvalue weighted by Crippen LogP contribution is 2.23. The zero-order valence-electron chi connectivity index (χ0n) is 12.0. The Morgan fingerprint density at radius 2 is 1.76 bits per heavy atom. The molecule has 2 aromatic rings. The lowest BCUT2D eigenvalue weighted by molar-refractivity contribution is 0.0919. The molecule has 0 amide bonds. The van der Waals surface area contributed by atoms with Gasteiger partial charge in [0.1, 0.15) is 17.2 Å². The van der Waals surface area contributed by atoms with Gasteiger partial charge in [-0.15, -0.1) is 0 Å². The number of hydrogen-bond donors (Lipinski definition) is 2. The molecule has 2 rings (SSSR count).